The minimum Gasteiger partial charge on any atom is -0.275 e. The molecule has 0 amide bonds. The molecule has 2 aromatic heterocycles. The fourth-order valence-electron chi connectivity index (χ4n) is 2.20. The molecule has 0 N–H and O–H groups in total. The van der Waals surface area contributed by atoms with Gasteiger partial charge in [-0.2, -0.15) is 0 Å². The molecule has 0 aliphatic heterocycles. The first-order chi connectivity index (χ1) is 11.3. The van der Waals surface area contributed by atoms with Crippen LogP contribution in [-0.2, 0) is 6.54 Å². The van der Waals surface area contributed by atoms with Crippen LogP contribution >= 0.6 is 0 Å². The molecule has 3 rings (SSSR count). The molecular weight excluding hydrogens is 288 g/mol. The Morgan fingerprint density at radius 3 is 2.57 bits per heavy atom. The van der Waals surface area contributed by atoms with Crippen LogP contribution in [0.1, 0.15) is 5.69 Å². The lowest BCUT2D eigenvalue weighted by Gasteiger charge is -2.14. The number of fused-ring (bicyclic) bond motifs is 1. The van der Waals surface area contributed by atoms with Gasteiger partial charge in [0.1, 0.15) is 0 Å². The maximum atomic E-state index is 5.34. The number of para-hydroxylation sites is 2. The molecule has 0 radical (unpaired) electrons. The van der Waals surface area contributed by atoms with E-state index in [-0.39, 0.29) is 0 Å². The molecule has 6 heteroatoms. The number of hydrogen-bond donors (Lipinski definition) is 0. The van der Waals surface area contributed by atoms with E-state index >= 15 is 0 Å². The van der Waals surface area contributed by atoms with Crippen molar-refractivity contribution in [2.24, 2.45) is 0 Å². The van der Waals surface area contributed by atoms with Crippen molar-refractivity contribution in [3.63, 3.8) is 0 Å². The summed E-state index contributed by atoms with van der Waals surface area (Å²) in [5.74, 6) is 5.78. The van der Waals surface area contributed by atoms with Crippen LogP contribution in [0.15, 0.2) is 36.7 Å². The molecule has 1 aromatic carbocycles. The summed E-state index contributed by atoms with van der Waals surface area (Å²) in [6.45, 7) is 1.47. The van der Waals surface area contributed by atoms with Gasteiger partial charge in [0.2, 0.25) is 0 Å². The van der Waals surface area contributed by atoms with Crippen LogP contribution < -0.4 is 0 Å². The highest BCUT2D eigenvalue weighted by Crippen LogP contribution is 2.11. The van der Waals surface area contributed by atoms with Crippen molar-refractivity contribution in [1.82, 2.24) is 29.9 Å². The number of benzene rings is 1. The predicted molar refractivity (Wildman–Crippen MR) is 87.4 cm³/mol. The summed E-state index contributed by atoms with van der Waals surface area (Å²) in [6.07, 6.45) is 14.2. The Morgan fingerprint density at radius 2 is 1.83 bits per heavy atom. The summed E-state index contributed by atoms with van der Waals surface area (Å²) in [5, 5.41) is 8.24. The molecule has 0 atom stereocenters. The maximum absolute atomic E-state index is 5.34. The van der Waals surface area contributed by atoms with Crippen LogP contribution in [0.3, 0.4) is 0 Å². The minimum absolute atomic E-state index is 0.465. The monoisotopic (exact) mass is 302 g/mol. The van der Waals surface area contributed by atoms with E-state index in [0.717, 1.165) is 16.7 Å². The molecule has 0 fully saturated rings. The molecule has 6 nitrogen and oxygen atoms in total. The van der Waals surface area contributed by atoms with Gasteiger partial charge in [-0.1, -0.05) is 29.2 Å². The van der Waals surface area contributed by atoms with Crippen molar-refractivity contribution in [3.05, 3.63) is 42.4 Å². The average Bonchev–Trinajstić information content (AvgIpc) is 3.03. The third kappa shape index (κ3) is 3.34. The number of terminal acetylenes is 2. The first-order valence-electron chi connectivity index (χ1n) is 7.03. The highest BCUT2D eigenvalue weighted by atomic mass is 15.4. The van der Waals surface area contributed by atoms with Crippen molar-refractivity contribution in [3.8, 4) is 30.5 Å². The van der Waals surface area contributed by atoms with Gasteiger partial charge in [0.25, 0.3) is 0 Å². The smallest absolute Gasteiger partial charge is 0.174 e. The molecule has 0 aliphatic rings. The van der Waals surface area contributed by atoms with Gasteiger partial charge in [-0.3, -0.25) is 9.88 Å². The summed E-state index contributed by atoms with van der Waals surface area (Å²) in [6, 6.07) is 7.67. The molecule has 0 unspecified atom stereocenters. The molecule has 0 saturated carbocycles. The van der Waals surface area contributed by atoms with Gasteiger partial charge in [-0.15, -0.1) is 17.9 Å². The first kappa shape index (κ1) is 14.7. The Morgan fingerprint density at radius 1 is 1.09 bits per heavy atom. The second kappa shape index (κ2) is 6.69. The molecule has 0 spiro atoms. The summed E-state index contributed by atoms with van der Waals surface area (Å²) >= 11 is 0. The SMILES string of the molecule is C#CCN(CC#C)Cc1cn(-c2cnc3ccccc3n2)nn1. The minimum atomic E-state index is 0.465. The van der Waals surface area contributed by atoms with Gasteiger partial charge in [-0.05, 0) is 12.1 Å². The zero-order chi connectivity index (χ0) is 16.1. The zero-order valence-electron chi connectivity index (χ0n) is 12.4. The Bertz CT molecular complexity index is 883. The second-order valence-corrected chi connectivity index (χ2v) is 4.92. The molecule has 112 valence electrons. The standard InChI is InChI=1S/C17H14N6/c1-3-9-22(10-4-2)12-14-13-23(21-20-14)17-11-18-15-7-5-6-8-16(15)19-17/h1-2,5-8,11,13H,9-10,12H2. The average molecular weight is 302 g/mol. The quantitative estimate of drug-likeness (QED) is 0.665. The normalized spacial score (nSPS) is 10.6. The van der Waals surface area contributed by atoms with E-state index in [1.165, 1.54) is 0 Å². The van der Waals surface area contributed by atoms with Crippen molar-refractivity contribution in [1.29, 1.82) is 0 Å². The fourth-order valence-corrected chi connectivity index (χ4v) is 2.20. The summed E-state index contributed by atoms with van der Waals surface area (Å²) in [4.78, 5) is 10.8. The van der Waals surface area contributed by atoms with E-state index in [0.29, 0.717) is 25.5 Å². The third-order valence-corrected chi connectivity index (χ3v) is 3.23. The topological polar surface area (TPSA) is 59.7 Å². The van der Waals surface area contributed by atoms with E-state index in [2.05, 4.69) is 32.1 Å². The summed E-state index contributed by atoms with van der Waals surface area (Å²) in [7, 11) is 0. The van der Waals surface area contributed by atoms with Crippen LogP contribution in [0.4, 0.5) is 0 Å². The second-order valence-electron chi connectivity index (χ2n) is 4.92. The maximum Gasteiger partial charge on any atom is 0.174 e. The van der Waals surface area contributed by atoms with Crippen LogP contribution in [0.5, 0.6) is 0 Å². The molecule has 3 aromatic rings. The summed E-state index contributed by atoms with van der Waals surface area (Å²) in [5.41, 5.74) is 2.42. The fraction of sp³-hybridized carbons (Fsp3) is 0.176. The van der Waals surface area contributed by atoms with Crippen molar-refractivity contribution < 1.29 is 0 Å². The van der Waals surface area contributed by atoms with Crippen LogP contribution in [-0.4, -0.2) is 43.0 Å². The largest absolute Gasteiger partial charge is 0.275 e. The zero-order valence-corrected chi connectivity index (χ0v) is 12.4. The van der Waals surface area contributed by atoms with E-state index in [9.17, 15) is 0 Å². The van der Waals surface area contributed by atoms with Crippen molar-refractivity contribution >= 4 is 11.0 Å². The van der Waals surface area contributed by atoms with Crippen LogP contribution in [0.2, 0.25) is 0 Å². The highest BCUT2D eigenvalue weighted by molar-refractivity contribution is 5.74. The van der Waals surface area contributed by atoms with E-state index in [1.807, 2.05) is 29.2 Å². The predicted octanol–water partition coefficient (Wildman–Crippen LogP) is 1.28. The Labute approximate surface area is 134 Å². The van der Waals surface area contributed by atoms with Gasteiger partial charge in [0, 0.05) is 6.54 Å². The van der Waals surface area contributed by atoms with E-state index in [4.69, 9.17) is 12.8 Å². The van der Waals surface area contributed by atoms with Crippen LogP contribution in [0, 0.1) is 24.7 Å². The Kier molecular flexibility index (Phi) is 4.28. The van der Waals surface area contributed by atoms with E-state index < -0.39 is 0 Å². The molecular formula is C17H14N6. The first-order valence-corrected chi connectivity index (χ1v) is 7.03. The summed E-state index contributed by atoms with van der Waals surface area (Å²) < 4.78 is 1.60. The highest BCUT2D eigenvalue weighted by Gasteiger charge is 2.09. The lowest BCUT2D eigenvalue weighted by Crippen LogP contribution is -2.24. The molecule has 0 bridgehead atoms. The van der Waals surface area contributed by atoms with Gasteiger partial charge in [0.15, 0.2) is 5.82 Å². The molecule has 0 aliphatic carbocycles. The third-order valence-electron chi connectivity index (χ3n) is 3.23. The van der Waals surface area contributed by atoms with Crippen molar-refractivity contribution in [2.45, 2.75) is 6.54 Å². The van der Waals surface area contributed by atoms with Crippen LogP contribution in [0.25, 0.3) is 16.9 Å². The van der Waals surface area contributed by atoms with Gasteiger partial charge in [0.05, 0.1) is 42.2 Å². The lowest BCUT2D eigenvalue weighted by molar-refractivity contribution is 0.333. The Balaban J connectivity index is 1.83. The van der Waals surface area contributed by atoms with E-state index in [1.54, 1.807) is 17.1 Å². The van der Waals surface area contributed by atoms with Gasteiger partial charge in [-0.25, -0.2) is 9.67 Å². The number of nitrogens with zero attached hydrogens (tertiary/aromatic N) is 6. The number of hydrogen-bond acceptors (Lipinski definition) is 5. The van der Waals surface area contributed by atoms with Gasteiger partial charge >= 0.3 is 0 Å². The number of rotatable bonds is 5. The molecule has 0 saturated heterocycles. The number of aromatic nitrogens is 5. The van der Waals surface area contributed by atoms with Crippen molar-refractivity contribution in [2.75, 3.05) is 13.1 Å². The Hall–Kier alpha value is -3.22. The molecule has 23 heavy (non-hydrogen) atoms. The van der Waals surface area contributed by atoms with Gasteiger partial charge < -0.3 is 0 Å². The molecule has 2 heterocycles. The lowest BCUT2D eigenvalue weighted by atomic mass is 10.3.